The van der Waals surface area contributed by atoms with Crippen molar-refractivity contribution in [3.05, 3.63) is 17.7 Å². The molecular weight excluding hydrogens is 194 g/mol. The van der Waals surface area contributed by atoms with E-state index in [1.807, 2.05) is 6.92 Å². The van der Waals surface area contributed by atoms with Gasteiger partial charge in [-0.3, -0.25) is 4.79 Å². The number of amides is 1. The first-order valence-electron chi connectivity index (χ1n) is 4.64. The zero-order valence-electron chi connectivity index (χ0n) is 8.83. The van der Waals surface area contributed by atoms with Gasteiger partial charge in [0.05, 0.1) is 23.5 Å². The van der Waals surface area contributed by atoms with Gasteiger partial charge in [0.2, 0.25) is 0 Å². The number of ether oxygens (including phenoxy) is 1. The minimum Gasteiger partial charge on any atom is -0.493 e. The summed E-state index contributed by atoms with van der Waals surface area (Å²) in [6.07, 6.45) is 0. The third kappa shape index (κ3) is 2.31. The van der Waals surface area contributed by atoms with E-state index in [2.05, 4.69) is 5.32 Å². The maximum atomic E-state index is 11.5. The van der Waals surface area contributed by atoms with Gasteiger partial charge in [0.15, 0.2) is 0 Å². The number of hydrogen-bond donors (Lipinski definition) is 3. The summed E-state index contributed by atoms with van der Waals surface area (Å²) in [7, 11) is 1.55. The lowest BCUT2D eigenvalue weighted by atomic mass is 10.1. The molecule has 0 bridgehead atoms. The van der Waals surface area contributed by atoms with Crippen molar-refractivity contribution in [2.45, 2.75) is 6.92 Å². The number of nitrogen functional groups attached to an aromatic ring is 2. The van der Waals surface area contributed by atoms with Crippen LogP contribution in [-0.2, 0) is 0 Å². The van der Waals surface area contributed by atoms with E-state index >= 15 is 0 Å². The van der Waals surface area contributed by atoms with E-state index in [1.54, 1.807) is 13.1 Å². The minimum atomic E-state index is -0.245. The molecule has 0 aromatic heterocycles. The van der Waals surface area contributed by atoms with Crippen molar-refractivity contribution in [1.29, 1.82) is 0 Å². The summed E-state index contributed by atoms with van der Waals surface area (Å²) in [6.45, 7) is 2.30. The van der Waals surface area contributed by atoms with Crippen LogP contribution in [0.1, 0.15) is 17.3 Å². The van der Waals surface area contributed by atoms with Crippen molar-refractivity contribution >= 4 is 17.3 Å². The molecule has 1 amide bonds. The zero-order valence-corrected chi connectivity index (χ0v) is 8.83. The van der Waals surface area contributed by atoms with Gasteiger partial charge in [-0.05, 0) is 13.0 Å². The van der Waals surface area contributed by atoms with Crippen molar-refractivity contribution < 1.29 is 9.53 Å². The Hall–Kier alpha value is -1.91. The third-order valence-corrected chi connectivity index (χ3v) is 1.96. The van der Waals surface area contributed by atoms with E-state index < -0.39 is 0 Å². The molecule has 0 spiro atoms. The van der Waals surface area contributed by atoms with Crippen molar-refractivity contribution in [1.82, 2.24) is 5.32 Å². The molecule has 0 aliphatic heterocycles. The Bertz CT molecular complexity index is 377. The van der Waals surface area contributed by atoms with Crippen LogP contribution in [0.4, 0.5) is 11.4 Å². The van der Waals surface area contributed by atoms with Gasteiger partial charge in [0, 0.05) is 13.1 Å². The molecule has 82 valence electrons. The van der Waals surface area contributed by atoms with Crippen LogP contribution in [0.3, 0.4) is 0 Å². The van der Waals surface area contributed by atoms with Gasteiger partial charge in [-0.1, -0.05) is 0 Å². The summed E-state index contributed by atoms with van der Waals surface area (Å²) < 4.78 is 5.30. The second kappa shape index (κ2) is 4.54. The molecule has 0 heterocycles. The molecule has 0 aliphatic carbocycles. The topological polar surface area (TPSA) is 90.4 Å². The smallest absolute Gasteiger partial charge is 0.254 e. The van der Waals surface area contributed by atoms with Crippen LogP contribution in [0.2, 0.25) is 0 Å². The summed E-state index contributed by atoms with van der Waals surface area (Å²) in [5.41, 5.74) is 12.4. The Balaban J connectivity index is 3.21. The Labute approximate surface area is 88.4 Å². The van der Waals surface area contributed by atoms with Crippen molar-refractivity contribution in [2.75, 3.05) is 25.1 Å². The lowest BCUT2D eigenvalue weighted by molar-refractivity contribution is 0.0959. The predicted molar refractivity (Wildman–Crippen MR) is 59.8 cm³/mol. The number of carbonyl (C=O) groups is 1. The first-order valence-corrected chi connectivity index (χ1v) is 4.64. The average molecular weight is 209 g/mol. The number of rotatable bonds is 3. The zero-order chi connectivity index (χ0) is 11.4. The van der Waals surface area contributed by atoms with Gasteiger partial charge >= 0.3 is 0 Å². The van der Waals surface area contributed by atoms with Gasteiger partial charge in [0.25, 0.3) is 5.91 Å². The molecular formula is C10H15N3O2. The molecule has 5 heteroatoms. The van der Waals surface area contributed by atoms with E-state index in [4.69, 9.17) is 16.2 Å². The first-order chi connectivity index (χ1) is 7.10. The maximum absolute atomic E-state index is 11.5. The monoisotopic (exact) mass is 209 g/mol. The van der Waals surface area contributed by atoms with E-state index in [0.717, 1.165) is 0 Å². The number of carbonyl (C=O) groups excluding carboxylic acids is 1. The SMILES string of the molecule is CCOc1cc(N)c(N)cc1C(=O)NC. The largest absolute Gasteiger partial charge is 0.493 e. The molecule has 5 nitrogen and oxygen atoms in total. The summed E-state index contributed by atoms with van der Waals surface area (Å²) >= 11 is 0. The first kappa shape index (κ1) is 11.2. The third-order valence-electron chi connectivity index (χ3n) is 1.96. The second-order valence-electron chi connectivity index (χ2n) is 2.99. The number of hydrogen-bond acceptors (Lipinski definition) is 4. The van der Waals surface area contributed by atoms with Gasteiger partial charge in [-0.2, -0.15) is 0 Å². The molecule has 0 saturated heterocycles. The van der Waals surface area contributed by atoms with Crippen LogP contribution in [0, 0.1) is 0 Å². The number of benzene rings is 1. The molecule has 1 aromatic carbocycles. The van der Waals surface area contributed by atoms with Gasteiger partial charge in [-0.25, -0.2) is 0 Å². The second-order valence-corrected chi connectivity index (χ2v) is 2.99. The minimum absolute atomic E-state index is 0.245. The van der Waals surface area contributed by atoms with Crippen molar-refractivity contribution in [2.24, 2.45) is 0 Å². The van der Waals surface area contributed by atoms with Crippen LogP contribution in [0.5, 0.6) is 5.75 Å². The number of anilines is 2. The predicted octanol–water partition coefficient (Wildman–Crippen LogP) is 0.609. The summed E-state index contributed by atoms with van der Waals surface area (Å²) in [4.78, 5) is 11.5. The Morgan fingerprint density at radius 1 is 1.40 bits per heavy atom. The fraction of sp³-hybridized carbons (Fsp3) is 0.300. The molecule has 1 aromatic rings. The molecule has 0 radical (unpaired) electrons. The van der Waals surface area contributed by atoms with Crippen molar-refractivity contribution in [3.63, 3.8) is 0 Å². The van der Waals surface area contributed by atoms with Crippen LogP contribution < -0.4 is 21.5 Å². The Morgan fingerprint density at radius 2 is 2.00 bits per heavy atom. The van der Waals surface area contributed by atoms with E-state index in [-0.39, 0.29) is 5.91 Å². The maximum Gasteiger partial charge on any atom is 0.254 e. The standard InChI is InChI=1S/C10H15N3O2/c1-3-15-9-5-8(12)7(11)4-6(9)10(14)13-2/h4-5H,3,11-12H2,1-2H3,(H,13,14). The Kier molecular flexibility index (Phi) is 3.38. The number of nitrogens with one attached hydrogen (secondary N) is 1. The molecule has 0 fully saturated rings. The quantitative estimate of drug-likeness (QED) is 0.636. The molecule has 0 unspecified atom stereocenters. The normalized spacial score (nSPS) is 9.73. The highest BCUT2D eigenvalue weighted by molar-refractivity contribution is 5.98. The van der Waals surface area contributed by atoms with Gasteiger partial charge in [0.1, 0.15) is 5.75 Å². The molecule has 0 saturated carbocycles. The summed E-state index contributed by atoms with van der Waals surface area (Å²) in [5.74, 6) is 0.203. The molecule has 15 heavy (non-hydrogen) atoms. The summed E-state index contributed by atoms with van der Waals surface area (Å²) in [5, 5.41) is 2.51. The highest BCUT2D eigenvalue weighted by Gasteiger charge is 2.13. The Morgan fingerprint density at radius 3 is 2.53 bits per heavy atom. The highest BCUT2D eigenvalue weighted by Crippen LogP contribution is 2.27. The van der Waals surface area contributed by atoms with Crippen LogP contribution >= 0.6 is 0 Å². The lowest BCUT2D eigenvalue weighted by Gasteiger charge is -2.11. The lowest BCUT2D eigenvalue weighted by Crippen LogP contribution is -2.19. The van der Waals surface area contributed by atoms with Crippen LogP contribution in [-0.4, -0.2) is 19.6 Å². The van der Waals surface area contributed by atoms with Crippen LogP contribution in [0.25, 0.3) is 0 Å². The van der Waals surface area contributed by atoms with E-state index in [0.29, 0.717) is 29.3 Å². The highest BCUT2D eigenvalue weighted by atomic mass is 16.5. The fourth-order valence-corrected chi connectivity index (χ4v) is 1.20. The van der Waals surface area contributed by atoms with Crippen LogP contribution in [0.15, 0.2) is 12.1 Å². The molecule has 5 N–H and O–H groups in total. The molecule has 1 rings (SSSR count). The van der Waals surface area contributed by atoms with Crippen molar-refractivity contribution in [3.8, 4) is 5.75 Å². The van der Waals surface area contributed by atoms with E-state index in [9.17, 15) is 4.79 Å². The fourth-order valence-electron chi connectivity index (χ4n) is 1.20. The van der Waals surface area contributed by atoms with E-state index in [1.165, 1.54) is 6.07 Å². The molecule has 0 aliphatic rings. The van der Waals surface area contributed by atoms with Gasteiger partial charge < -0.3 is 21.5 Å². The number of nitrogens with two attached hydrogens (primary N) is 2. The summed E-state index contributed by atoms with van der Waals surface area (Å²) in [6, 6.07) is 3.07. The van der Waals surface area contributed by atoms with Gasteiger partial charge in [-0.15, -0.1) is 0 Å². The molecule has 0 atom stereocenters. The average Bonchev–Trinajstić information content (AvgIpc) is 2.22.